The number of aromatic nitrogens is 2. The van der Waals surface area contributed by atoms with E-state index in [2.05, 4.69) is 26.5 Å². The third-order valence-electron chi connectivity index (χ3n) is 5.74. The molecular formula is C27H27N5O7. The fourth-order valence-electron chi connectivity index (χ4n) is 3.83. The number of terminal acetylenes is 1. The molecule has 12 heteroatoms. The van der Waals surface area contributed by atoms with Gasteiger partial charge in [-0.05, 0) is 55.3 Å². The van der Waals surface area contributed by atoms with Crippen molar-refractivity contribution in [1.82, 2.24) is 20.6 Å². The van der Waals surface area contributed by atoms with Crippen LogP contribution in [0.25, 0.3) is 10.9 Å². The van der Waals surface area contributed by atoms with Gasteiger partial charge in [0, 0.05) is 24.2 Å². The van der Waals surface area contributed by atoms with E-state index in [1.54, 1.807) is 31.2 Å². The van der Waals surface area contributed by atoms with Crippen LogP contribution >= 0.6 is 0 Å². The maximum absolute atomic E-state index is 12.7. The van der Waals surface area contributed by atoms with Gasteiger partial charge in [0.1, 0.15) is 18.4 Å². The van der Waals surface area contributed by atoms with E-state index >= 15 is 0 Å². The van der Waals surface area contributed by atoms with Gasteiger partial charge < -0.3 is 30.7 Å². The molecule has 1 atom stereocenters. The van der Waals surface area contributed by atoms with Crippen LogP contribution in [0.2, 0.25) is 0 Å². The minimum absolute atomic E-state index is 0.194. The molecule has 39 heavy (non-hydrogen) atoms. The van der Waals surface area contributed by atoms with Crippen molar-refractivity contribution in [1.29, 1.82) is 0 Å². The van der Waals surface area contributed by atoms with Crippen LogP contribution in [0.4, 0.5) is 5.69 Å². The van der Waals surface area contributed by atoms with Gasteiger partial charge >= 0.3 is 11.9 Å². The number of rotatable bonds is 12. The Hall–Kier alpha value is -5.18. The van der Waals surface area contributed by atoms with Crippen LogP contribution in [-0.4, -0.2) is 63.1 Å². The molecule has 0 unspecified atom stereocenters. The second kappa shape index (κ2) is 12.9. The smallest absolute Gasteiger partial charge is 0.326 e. The molecule has 0 aliphatic rings. The molecule has 0 spiro atoms. The molecule has 2 amide bonds. The van der Waals surface area contributed by atoms with Crippen LogP contribution in [-0.2, 0) is 20.9 Å². The van der Waals surface area contributed by atoms with Crippen LogP contribution in [0, 0.1) is 19.3 Å². The van der Waals surface area contributed by atoms with E-state index < -0.39 is 36.3 Å². The Labute approximate surface area is 223 Å². The summed E-state index contributed by atoms with van der Waals surface area (Å²) in [6, 6.07) is 10.4. The zero-order valence-corrected chi connectivity index (χ0v) is 21.1. The molecule has 0 saturated carbocycles. The van der Waals surface area contributed by atoms with Crippen molar-refractivity contribution in [2.75, 3.05) is 18.0 Å². The van der Waals surface area contributed by atoms with Crippen molar-refractivity contribution >= 4 is 40.3 Å². The summed E-state index contributed by atoms with van der Waals surface area (Å²) in [6.45, 7) is 1.75. The van der Waals surface area contributed by atoms with Gasteiger partial charge in [0.15, 0.2) is 0 Å². The van der Waals surface area contributed by atoms with Crippen molar-refractivity contribution in [3.63, 3.8) is 0 Å². The zero-order valence-electron chi connectivity index (χ0n) is 21.1. The maximum Gasteiger partial charge on any atom is 0.326 e. The van der Waals surface area contributed by atoms with Crippen LogP contribution < -0.4 is 21.1 Å². The number of amides is 2. The largest absolute Gasteiger partial charge is 0.480 e. The number of anilines is 1. The van der Waals surface area contributed by atoms with E-state index in [9.17, 15) is 29.1 Å². The molecule has 1 aromatic heterocycles. The van der Waals surface area contributed by atoms with Gasteiger partial charge in [-0.15, -0.1) is 6.42 Å². The lowest BCUT2D eigenvalue weighted by Gasteiger charge is -2.23. The summed E-state index contributed by atoms with van der Waals surface area (Å²) >= 11 is 0. The van der Waals surface area contributed by atoms with Crippen LogP contribution in [0.5, 0.6) is 0 Å². The number of carboxylic acid groups (broad SMARTS) is 2. The predicted octanol–water partition coefficient (Wildman–Crippen LogP) is 1.04. The van der Waals surface area contributed by atoms with Gasteiger partial charge in [-0.2, -0.15) is 0 Å². The molecule has 3 rings (SSSR count). The zero-order chi connectivity index (χ0) is 28.5. The molecule has 0 radical (unpaired) electrons. The second-order valence-electron chi connectivity index (χ2n) is 8.68. The van der Waals surface area contributed by atoms with E-state index in [0.29, 0.717) is 29.0 Å². The van der Waals surface area contributed by atoms with Crippen molar-refractivity contribution in [3.05, 3.63) is 69.8 Å². The van der Waals surface area contributed by atoms with E-state index in [0.717, 1.165) is 5.56 Å². The monoisotopic (exact) mass is 533 g/mol. The standard InChI is InChI=1S/C27H27N5O7/c1-3-12-32(15-17-4-9-21-20(13-17)26(37)30-16(2)29-21)19-7-5-18(6-8-19)25(36)31-22(27(38)39)10-11-23(33)28-14-24(34)35/h1,4-9,13,22H,10-12,14-15H2,2H3,(H,28,33)(H,31,36)(H,34,35)(H,38,39)(H,29,30,37)/t22-/m1/s1. The number of carbonyl (C=O) groups excluding carboxylic acids is 2. The highest BCUT2D eigenvalue weighted by molar-refractivity contribution is 5.97. The number of hydrogen-bond acceptors (Lipinski definition) is 7. The highest BCUT2D eigenvalue weighted by Crippen LogP contribution is 2.20. The molecule has 12 nitrogen and oxygen atoms in total. The molecule has 0 aliphatic carbocycles. The van der Waals surface area contributed by atoms with Crippen molar-refractivity contribution in [2.24, 2.45) is 0 Å². The Morgan fingerprint density at radius 3 is 2.49 bits per heavy atom. The van der Waals surface area contributed by atoms with Gasteiger partial charge in [0.05, 0.1) is 17.4 Å². The van der Waals surface area contributed by atoms with Crippen molar-refractivity contribution < 1.29 is 29.4 Å². The normalized spacial score (nSPS) is 11.3. The lowest BCUT2D eigenvalue weighted by Crippen LogP contribution is -2.41. The number of nitrogens with one attached hydrogen (secondary N) is 3. The molecule has 2 aromatic carbocycles. The number of aromatic amines is 1. The van der Waals surface area contributed by atoms with Gasteiger partial charge in [0.2, 0.25) is 5.91 Å². The summed E-state index contributed by atoms with van der Waals surface area (Å²) in [5.74, 6) is -0.732. The molecule has 0 fully saturated rings. The molecule has 0 saturated heterocycles. The number of aryl methyl sites for hydroxylation is 1. The molecule has 3 aromatic rings. The number of aliphatic carboxylic acids is 2. The van der Waals surface area contributed by atoms with E-state index in [1.165, 1.54) is 12.1 Å². The summed E-state index contributed by atoms with van der Waals surface area (Å²) in [7, 11) is 0. The fourth-order valence-corrected chi connectivity index (χ4v) is 3.83. The Balaban J connectivity index is 1.68. The first-order valence-electron chi connectivity index (χ1n) is 11.9. The van der Waals surface area contributed by atoms with E-state index in [-0.39, 0.29) is 30.5 Å². The fraction of sp³-hybridized carbons (Fsp3) is 0.259. The van der Waals surface area contributed by atoms with Gasteiger partial charge in [-0.1, -0.05) is 12.0 Å². The number of nitrogens with zero attached hydrogens (tertiary/aromatic N) is 2. The van der Waals surface area contributed by atoms with E-state index in [1.807, 2.05) is 11.0 Å². The molecule has 202 valence electrons. The first-order valence-corrected chi connectivity index (χ1v) is 11.9. The Kier molecular flexibility index (Phi) is 9.37. The summed E-state index contributed by atoms with van der Waals surface area (Å²) < 4.78 is 0. The first kappa shape index (κ1) is 28.4. The Morgan fingerprint density at radius 2 is 1.85 bits per heavy atom. The summed E-state index contributed by atoms with van der Waals surface area (Å²) in [6.07, 6.45) is 5.07. The number of carboxylic acids is 2. The number of fused-ring (bicyclic) bond motifs is 1. The predicted molar refractivity (Wildman–Crippen MR) is 142 cm³/mol. The lowest BCUT2D eigenvalue weighted by molar-refractivity contribution is -0.140. The molecule has 1 heterocycles. The van der Waals surface area contributed by atoms with Crippen molar-refractivity contribution in [3.8, 4) is 12.3 Å². The topological polar surface area (TPSA) is 182 Å². The molecule has 5 N–H and O–H groups in total. The quantitative estimate of drug-likeness (QED) is 0.212. The summed E-state index contributed by atoms with van der Waals surface area (Å²) in [4.78, 5) is 67.6. The molecule has 0 bridgehead atoms. The molecular weight excluding hydrogens is 506 g/mol. The van der Waals surface area contributed by atoms with Gasteiger partial charge in [-0.25, -0.2) is 9.78 Å². The average Bonchev–Trinajstić information content (AvgIpc) is 2.89. The maximum atomic E-state index is 12.7. The van der Waals surface area contributed by atoms with Crippen molar-refractivity contribution in [2.45, 2.75) is 32.4 Å². The highest BCUT2D eigenvalue weighted by atomic mass is 16.4. The molecule has 0 aliphatic heterocycles. The third kappa shape index (κ3) is 7.90. The van der Waals surface area contributed by atoms with Gasteiger partial charge in [-0.3, -0.25) is 19.2 Å². The average molecular weight is 534 g/mol. The Bertz CT molecular complexity index is 1490. The number of carbonyl (C=O) groups is 4. The number of H-pyrrole nitrogens is 1. The highest BCUT2D eigenvalue weighted by Gasteiger charge is 2.22. The first-order chi connectivity index (χ1) is 18.6. The third-order valence-corrected chi connectivity index (χ3v) is 5.74. The number of hydrogen-bond donors (Lipinski definition) is 5. The minimum Gasteiger partial charge on any atom is -0.480 e. The second-order valence-corrected chi connectivity index (χ2v) is 8.68. The van der Waals surface area contributed by atoms with E-state index in [4.69, 9.17) is 11.5 Å². The van der Waals surface area contributed by atoms with Gasteiger partial charge in [0.25, 0.3) is 11.5 Å². The van der Waals surface area contributed by atoms with Crippen LogP contribution in [0.3, 0.4) is 0 Å². The number of benzene rings is 2. The minimum atomic E-state index is -1.35. The van der Waals surface area contributed by atoms with Crippen LogP contribution in [0.15, 0.2) is 47.3 Å². The summed E-state index contributed by atoms with van der Waals surface area (Å²) in [5, 5.41) is 23.0. The SMILES string of the molecule is C#CCN(Cc1ccc2nc(C)[nH]c(=O)c2c1)c1ccc(C(=O)N[C@H](CCC(=O)NCC(=O)O)C(=O)O)cc1. The Morgan fingerprint density at radius 1 is 1.13 bits per heavy atom. The van der Waals surface area contributed by atoms with Crippen LogP contribution in [0.1, 0.15) is 34.6 Å². The summed E-state index contributed by atoms with van der Waals surface area (Å²) in [5.41, 5.74) is 2.07. The lowest BCUT2D eigenvalue weighted by atomic mass is 10.1.